The van der Waals surface area contributed by atoms with E-state index in [4.69, 9.17) is 0 Å². The van der Waals surface area contributed by atoms with E-state index in [2.05, 4.69) is 25.6 Å². The van der Waals surface area contributed by atoms with Gasteiger partial charge in [-0.05, 0) is 34.7 Å². The average molecular weight is 363 g/mol. The second kappa shape index (κ2) is 7.21. The van der Waals surface area contributed by atoms with E-state index in [1.54, 1.807) is 30.3 Å². The first kappa shape index (κ1) is 17.4. The molecule has 0 aliphatic heterocycles. The van der Waals surface area contributed by atoms with Gasteiger partial charge in [-0.1, -0.05) is 24.3 Å². The summed E-state index contributed by atoms with van der Waals surface area (Å²) in [4.78, 5) is 12.3. The van der Waals surface area contributed by atoms with E-state index >= 15 is 0 Å². The summed E-state index contributed by atoms with van der Waals surface area (Å²) in [5.41, 5.74) is 1.09. The van der Waals surface area contributed by atoms with Crippen molar-refractivity contribution in [3.05, 3.63) is 66.0 Å². The Morgan fingerprint density at radius 1 is 1.15 bits per heavy atom. The number of hydrogen-bond acceptors (Lipinski definition) is 5. The molecule has 0 radical (unpaired) electrons. The standard InChI is InChI=1S/C16H12F3N5O2/c17-16(18,19)26-14-7-2-1-4-12(14)9-20-15(25)11-5-3-6-13(8-11)24-10-21-22-23-24/h1-8,10H,9H2,(H,20,25). The van der Waals surface area contributed by atoms with E-state index in [1.165, 1.54) is 29.2 Å². The van der Waals surface area contributed by atoms with Crippen LogP contribution in [0.15, 0.2) is 54.9 Å². The van der Waals surface area contributed by atoms with Crippen LogP contribution in [0, 0.1) is 0 Å². The Bertz CT molecular complexity index is 897. The van der Waals surface area contributed by atoms with Crippen LogP contribution in [0.1, 0.15) is 15.9 Å². The molecule has 0 bridgehead atoms. The number of amides is 1. The zero-order chi connectivity index (χ0) is 18.6. The summed E-state index contributed by atoms with van der Waals surface area (Å²) in [6, 6.07) is 12.1. The predicted molar refractivity (Wildman–Crippen MR) is 83.4 cm³/mol. The fourth-order valence-corrected chi connectivity index (χ4v) is 2.22. The number of aromatic nitrogens is 4. The van der Waals surface area contributed by atoms with E-state index in [1.807, 2.05) is 0 Å². The van der Waals surface area contributed by atoms with Crippen LogP contribution in [-0.2, 0) is 6.54 Å². The fourth-order valence-electron chi connectivity index (χ4n) is 2.22. The molecule has 3 aromatic rings. The topological polar surface area (TPSA) is 81.9 Å². The highest BCUT2D eigenvalue weighted by molar-refractivity contribution is 5.94. The SMILES string of the molecule is O=C(NCc1ccccc1OC(F)(F)F)c1cccc(-n2cnnn2)c1. The number of tetrazole rings is 1. The Kier molecular flexibility index (Phi) is 4.83. The monoisotopic (exact) mass is 363 g/mol. The van der Waals surface area contributed by atoms with Crippen molar-refractivity contribution in [2.24, 2.45) is 0 Å². The summed E-state index contributed by atoms with van der Waals surface area (Å²) in [5.74, 6) is -0.815. The number of rotatable bonds is 5. The molecule has 7 nitrogen and oxygen atoms in total. The molecule has 0 unspecified atom stereocenters. The maximum Gasteiger partial charge on any atom is 0.573 e. The van der Waals surface area contributed by atoms with Crippen LogP contribution in [0.4, 0.5) is 13.2 Å². The quantitative estimate of drug-likeness (QED) is 0.753. The highest BCUT2D eigenvalue weighted by Gasteiger charge is 2.32. The largest absolute Gasteiger partial charge is 0.573 e. The van der Waals surface area contributed by atoms with Crippen LogP contribution in [0.5, 0.6) is 5.75 Å². The third-order valence-electron chi connectivity index (χ3n) is 3.36. The molecule has 0 atom stereocenters. The summed E-state index contributed by atoms with van der Waals surface area (Å²) in [5, 5.41) is 13.3. The lowest BCUT2D eigenvalue weighted by Crippen LogP contribution is -2.24. The van der Waals surface area contributed by atoms with E-state index in [-0.39, 0.29) is 17.9 Å². The number of alkyl halides is 3. The van der Waals surface area contributed by atoms with Crippen molar-refractivity contribution < 1.29 is 22.7 Å². The third-order valence-corrected chi connectivity index (χ3v) is 3.36. The molecule has 0 fully saturated rings. The first-order chi connectivity index (χ1) is 12.4. The van der Waals surface area contributed by atoms with Gasteiger partial charge < -0.3 is 10.1 Å². The highest BCUT2D eigenvalue weighted by Crippen LogP contribution is 2.26. The van der Waals surface area contributed by atoms with Gasteiger partial charge in [-0.2, -0.15) is 0 Å². The van der Waals surface area contributed by atoms with Crippen LogP contribution < -0.4 is 10.1 Å². The maximum absolute atomic E-state index is 12.4. The van der Waals surface area contributed by atoms with E-state index in [0.717, 1.165) is 0 Å². The smallest absolute Gasteiger partial charge is 0.405 e. The van der Waals surface area contributed by atoms with E-state index in [0.29, 0.717) is 11.3 Å². The number of carbonyl (C=O) groups excluding carboxylic acids is 1. The van der Waals surface area contributed by atoms with Crippen LogP contribution in [0.3, 0.4) is 0 Å². The third kappa shape index (κ3) is 4.35. The van der Waals surface area contributed by atoms with Crippen molar-refractivity contribution in [3.63, 3.8) is 0 Å². The lowest BCUT2D eigenvalue weighted by molar-refractivity contribution is -0.274. The Hall–Kier alpha value is -3.43. The molecule has 1 aromatic heterocycles. The Balaban J connectivity index is 1.71. The van der Waals surface area contributed by atoms with Crippen molar-refractivity contribution in [2.45, 2.75) is 12.9 Å². The number of para-hydroxylation sites is 1. The van der Waals surface area contributed by atoms with Crippen LogP contribution in [-0.4, -0.2) is 32.5 Å². The van der Waals surface area contributed by atoms with Gasteiger partial charge in [0, 0.05) is 17.7 Å². The van der Waals surface area contributed by atoms with Gasteiger partial charge in [0.15, 0.2) is 0 Å². The predicted octanol–water partition coefficient (Wildman–Crippen LogP) is 2.49. The number of nitrogens with zero attached hydrogens (tertiary/aromatic N) is 4. The second-order valence-corrected chi connectivity index (χ2v) is 5.14. The molecule has 1 amide bonds. The Labute approximate surface area is 145 Å². The van der Waals surface area contributed by atoms with Crippen LogP contribution in [0.25, 0.3) is 5.69 Å². The van der Waals surface area contributed by atoms with Crippen molar-refractivity contribution in [2.75, 3.05) is 0 Å². The summed E-state index contributed by atoms with van der Waals surface area (Å²) >= 11 is 0. The number of benzene rings is 2. The molecule has 0 aliphatic rings. The first-order valence-corrected chi connectivity index (χ1v) is 7.38. The molecule has 26 heavy (non-hydrogen) atoms. The molecule has 1 N–H and O–H groups in total. The number of ether oxygens (including phenoxy) is 1. The Morgan fingerprint density at radius 3 is 2.69 bits per heavy atom. The molecule has 0 spiro atoms. The lowest BCUT2D eigenvalue weighted by Gasteiger charge is -2.13. The van der Waals surface area contributed by atoms with Gasteiger partial charge in [0.05, 0.1) is 5.69 Å². The van der Waals surface area contributed by atoms with Gasteiger partial charge in [-0.3, -0.25) is 4.79 Å². The molecule has 1 heterocycles. The fraction of sp³-hybridized carbons (Fsp3) is 0.125. The summed E-state index contributed by atoms with van der Waals surface area (Å²) in [6.07, 6.45) is -3.43. The molecular weight excluding hydrogens is 351 g/mol. The number of hydrogen-bond donors (Lipinski definition) is 1. The van der Waals surface area contributed by atoms with Gasteiger partial charge in [-0.15, -0.1) is 18.3 Å². The lowest BCUT2D eigenvalue weighted by atomic mass is 10.1. The van der Waals surface area contributed by atoms with Crippen molar-refractivity contribution in [1.82, 2.24) is 25.5 Å². The molecule has 2 aromatic carbocycles. The minimum atomic E-state index is -4.81. The molecule has 0 saturated carbocycles. The normalized spacial score (nSPS) is 11.2. The molecule has 0 saturated heterocycles. The van der Waals surface area contributed by atoms with Gasteiger partial charge in [0.2, 0.25) is 0 Å². The van der Waals surface area contributed by atoms with Crippen molar-refractivity contribution in [1.29, 1.82) is 0 Å². The van der Waals surface area contributed by atoms with Gasteiger partial charge in [0.25, 0.3) is 5.91 Å². The minimum Gasteiger partial charge on any atom is -0.405 e. The first-order valence-electron chi connectivity index (χ1n) is 7.38. The summed E-state index contributed by atoms with van der Waals surface area (Å²) in [7, 11) is 0. The summed E-state index contributed by atoms with van der Waals surface area (Å²) in [6.45, 7) is -0.125. The van der Waals surface area contributed by atoms with Crippen LogP contribution >= 0.6 is 0 Å². The minimum absolute atomic E-state index is 0.125. The molecule has 0 aliphatic carbocycles. The van der Waals surface area contributed by atoms with Gasteiger partial charge in [0.1, 0.15) is 12.1 Å². The van der Waals surface area contributed by atoms with E-state index in [9.17, 15) is 18.0 Å². The second-order valence-electron chi connectivity index (χ2n) is 5.14. The molecule has 10 heteroatoms. The Morgan fingerprint density at radius 2 is 1.96 bits per heavy atom. The van der Waals surface area contributed by atoms with Crippen molar-refractivity contribution >= 4 is 5.91 Å². The maximum atomic E-state index is 12.4. The number of nitrogens with one attached hydrogen (secondary N) is 1. The van der Waals surface area contributed by atoms with Gasteiger partial charge >= 0.3 is 6.36 Å². The van der Waals surface area contributed by atoms with Gasteiger partial charge in [-0.25, -0.2) is 4.68 Å². The molecular formula is C16H12F3N5O2. The zero-order valence-corrected chi connectivity index (χ0v) is 13.1. The van der Waals surface area contributed by atoms with E-state index < -0.39 is 12.3 Å². The number of halogens is 3. The number of carbonyl (C=O) groups is 1. The average Bonchev–Trinajstić information content (AvgIpc) is 3.14. The zero-order valence-electron chi connectivity index (χ0n) is 13.1. The summed E-state index contributed by atoms with van der Waals surface area (Å²) < 4.78 is 42.6. The molecule has 3 rings (SSSR count). The van der Waals surface area contributed by atoms with Crippen LogP contribution in [0.2, 0.25) is 0 Å². The van der Waals surface area contributed by atoms with Crippen molar-refractivity contribution in [3.8, 4) is 11.4 Å². The highest BCUT2D eigenvalue weighted by atomic mass is 19.4. The molecule has 134 valence electrons.